The van der Waals surface area contributed by atoms with E-state index in [1.807, 2.05) is 42.5 Å². The van der Waals surface area contributed by atoms with Gasteiger partial charge >= 0.3 is 11.8 Å². The van der Waals surface area contributed by atoms with E-state index >= 15 is 0 Å². The van der Waals surface area contributed by atoms with Crippen molar-refractivity contribution in [1.82, 2.24) is 15.1 Å². The Kier molecular flexibility index (Phi) is 7.03. The largest absolute Gasteiger partial charge is 0.497 e. The predicted octanol–water partition coefficient (Wildman–Crippen LogP) is 1.70. The third kappa shape index (κ3) is 5.57. The number of nitrogens with one attached hydrogen (secondary N) is 1. The highest BCUT2D eigenvalue weighted by Crippen LogP contribution is 2.12. The lowest BCUT2D eigenvalue weighted by Gasteiger charge is -2.34. The first-order chi connectivity index (χ1) is 13.7. The van der Waals surface area contributed by atoms with Crippen molar-refractivity contribution < 1.29 is 14.3 Å². The average Bonchev–Trinajstić information content (AvgIpc) is 2.74. The van der Waals surface area contributed by atoms with Gasteiger partial charge in [-0.1, -0.05) is 42.5 Å². The van der Waals surface area contributed by atoms with Gasteiger partial charge in [-0.05, 0) is 29.7 Å². The maximum atomic E-state index is 12.4. The minimum absolute atomic E-state index is 0.422. The van der Waals surface area contributed by atoms with Crippen LogP contribution in [-0.2, 0) is 22.6 Å². The number of piperazine rings is 1. The summed E-state index contributed by atoms with van der Waals surface area (Å²) in [6.45, 7) is 4.00. The van der Waals surface area contributed by atoms with Gasteiger partial charge in [0.05, 0.1) is 7.11 Å². The van der Waals surface area contributed by atoms with Crippen LogP contribution >= 0.6 is 0 Å². The molecule has 2 aromatic rings. The number of hydrogen-bond donors (Lipinski definition) is 1. The number of benzene rings is 2. The van der Waals surface area contributed by atoms with Crippen LogP contribution in [0.4, 0.5) is 0 Å². The molecule has 6 heteroatoms. The van der Waals surface area contributed by atoms with Crippen molar-refractivity contribution in [2.75, 3.05) is 39.8 Å². The van der Waals surface area contributed by atoms with E-state index in [1.54, 1.807) is 12.0 Å². The van der Waals surface area contributed by atoms with E-state index in [0.29, 0.717) is 26.1 Å². The van der Waals surface area contributed by atoms with E-state index < -0.39 is 11.8 Å². The maximum absolute atomic E-state index is 12.4. The zero-order chi connectivity index (χ0) is 19.8. The molecule has 0 radical (unpaired) electrons. The van der Waals surface area contributed by atoms with Crippen LogP contribution in [0.15, 0.2) is 54.6 Å². The summed E-state index contributed by atoms with van der Waals surface area (Å²) in [5, 5.41) is 2.73. The molecular weight excluding hydrogens is 354 g/mol. The zero-order valence-corrected chi connectivity index (χ0v) is 16.3. The van der Waals surface area contributed by atoms with Crippen molar-refractivity contribution in [3.8, 4) is 5.75 Å². The fourth-order valence-electron chi connectivity index (χ4n) is 3.32. The summed E-state index contributed by atoms with van der Waals surface area (Å²) in [5.74, 6) is -0.183. The van der Waals surface area contributed by atoms with Gasteiger partial charge in [0.15, 0.2) is 0 Å². The van der Waals surface area contributed by atoms with E-state index in [0.717, 1.165) is 30.9 Å². The van der Waals surface area contributed by atoms with Gasteiger partial charge in [0, 0.05) is 39.3 Å². The van der Waals surface area contributed by atoms with E-state index in [4.69, 9.17) is 4.74 Å². The quantitative estimate of drug-likeness (QED) is 0.774. The summed E-state index contributed by atoms with van der Waals surface area (Å²) in [7, 11) is 1.62. The summed E-state index contributed by atoms with van der Waals surface area (Å²) in [5.41, 5.74) is 2.32. The van der Waals surface area contributed by atoms with Crippen molar-refractivity contribution in [3.63, 3.8) is 0 Å². The number of hydrogen-bond acceptors (Lipinski definition) is 4. The Labute approximate surface area is 166 Å². The fraction of sp³-hybridized carbons (Fsp3) is 0.364. The molecule has 6 nitrogen and oxygen atoms in total. The van der Waals surface area contributed by atoms with Crippen molar-refractivity contribution in [2.24, 2.45) is 0 Å². The molecule has 1 saturated heterocycles. The number of carbonyl (C=O) groups excluding carboxylic acids is 2. The van der Waals surface area contributed by atoms with Gasteiger partial charge in [-0.25, -0.2) is 0 Å². The molecule has 0 aliphatic carbocycles. The van der Waals surface area contributed by atoms with Crippen molar-refractivity contribution in [3.05, 3.63) is 65.7 Å². The van der Waals surface area contributed by atoms with E-state index in [1.165, 1.54) is 5.56 Å². The van der Waals surface area contributed by atoms with Gasteiger partial charge in [0.25, 0.3) is 0 Å². The Morgan fingerprint density at radius 2 is 1.68 bits per heavy atom. The molecule has 2 aromatic carbocycles. The monoisotopic (exact) mass is 381 g/mol. The van der Waals surface area contributed by atoms with Crippen LogP contribution in [0.5, 0.6) is 5.75 Å². The smallest absolute Gasteiger partial charge is 0.311 e. The average molecular weight is 381 g/mol. The van der Waals surface area contributed by atoms with Gasteiger partial charge in [-0.15, -0.1) is 0 Å². The van der Waals surface area contributed by atoms with Gasteiger partial charge in [-0.3, -0.25) is 14.5 Å². The predicted molar refractivity (Wildman–Crippen MR) is 108 cm³/mol. The van der Waals surface area contributed by atoms with E-state index in [9.17, 15) is 9.59 Å². The lowest BCUT2D eigenvalue weighted by molar-refractivity contribution is -0.147. The third-order valence-electron chi connectivity index (χ3n) is 4.94. The SMILES string of the molecule is COc1cccc(CCNC(=O)C(=O)N2CCN(Cc3ccccc3)CC2)c1. The Hall–Kier alpha value is -2.86. The normalized spacial score (nSPS) is 14.5. The maximum Gasteiger partial charge on any atom is 0.311 e. The second-order valence-corrected chi connectivity index (χ2v) is 6.91. The standard InChI is InChI=1S/C22H27N3O3/c1-28-20-9-5-8-18(16-20)10-11-23-21(26)22(27)25-14-12-24(13-15-25)17-19-6-3-2-4-7-19/h2-9,16H,10-15,17H2,1H3,(H,23,26). The molecule has 0 bridgehead atoms. The molecule has 3 rings (SSSR count). The van der Waals surface area contributed by atoms with Crippen molar-refractivity contribution >= 4 is 11.8 Å². The number of nitrogens with zero attached hydrogens (tertiary/aromatic N) is 2. The molecule has 1 aliphatic rings. The van der Waals surface area contributed by atoms with Crippen LogP contribution < -0.4 is 10.1 Å². The first-order valence-corrected chi connectivity index (χ1v) is 9.62. The molecule has 1 fully saturated rings. The lowest BCUT2D eigenvalue weighted by Crippen LogP contribution is -2.52. The van der Waals surface area contributed by atoms with Gasteiger partial charge < -0.3 is 15.0 Å². The lowest BCUT2D eigenvalue weighted by atomic mass is 10.1. The van der Waals surface area contributed by atoms with Crippen LogP contribution in [-0.4, -0.2) is 61.4 Å². The minimum atomic E-state index is -0.528. The number of amides is 2. The number of rotatable bonds is 6. The molecule has 1 heterocycles. The molecular formula is C22H27N3O3. The molecule has 0 unspecified atom stereocenters. The van der Waals surface area contributed by atoms with Crippen LogP contribution in [0.2, 0.25) is 0 Å². The molecule has 148 valence electrons. The van der Waals surface area contributed by atoms with Crippen LogP contribution in [0.1, 0.15) is 11.1 Å². The second kappa shape index (κ2) is 9.90. The van der Waals surface area contributed by atoms with Crippen molar-refractivity contribution in [1.29, 1.82) is 0 Å². The van der Waals surface area contributed by atoms with E-state index in [2.05, 4.69) is 22.3 Å². The van der Waals surface area contributed by atoms with Crippen LogP contribution in [0.3, 0.4) is 0 Å². The highest BCUT2D eigenvalue weighted by molar-refractivity contribution is 6.35. The van der Waals surface area contributed by atoms with Gasteiger partial charge in [0.1, 0.15) is 5.75 Å². The number of carbonyl (C=O) groups is 2. The first-order valence-electron chi connectivity index (χ1n) is 9.62. The molecule has 1 aliphatic heterocycles. The molecule has 0 saturated carbocycles. The number of ether oxygens (including phenoxy) is 1. The Balaban J connectivity index is 1.40. The fourth-order valence-corrected chi connectivity index (χ4v) is 3.32. The summed E-state index contributed by atoms with van der Waals surface area (Å²) >= 11 is 0. The minimum Gasteiger partial charge on any atom is -0.497 e. The molecule has 0 atom stereocenters. The summed E-state index contributed by atoms with van der Waals surface area (Å²) < 4.78 is 5.19. The molecule has 1 N–H and O–H groups in total. The van der Waals surface area contributed by atoms with Gasteiger partial charge in [0.2, 0.25) is 0 Å². The zero-order valence-electron chi connectivity index (χ0n) is 16.3. The molecule has 2 amide bonds. The first kappa shape index (κ1) is 19.9. The number of methoxy groups -OCH3 is 1. The van der Waals surface area contributed by atoms with Crippen LogP contribution in [0.25, 0.3) is 0 Å². The topological polar surface area (TPSA) is 61.9 Å². The molecule has 28 heavy (non-hydrogen) atoms. The summed E-state index contributed by atoms with van der Waals surface area (Å²) in [4.78, 5) is 28.5. The van der Waals surface area contributed by atoms with Crippen molar-refractivity contribution in [2.45, 2.75) is 13.0 Å². The summed E-state index contributed by atoms with van der Waals surface area (Å²) in [6, 6.07) is 18.0. The third-order valence-corrected chi connectivity index (χ3v) is 4.94. The molecule has 0 spiro atoms. The highest BCUT2D eigenvalue weighted by Gasteiger charge is 2.25. The highest BCUT2D eigenvalue weighted by atomic mass is 16.5. The Morgan fingerprint density at radius 1 is 0.964 bits per heavy atom. The Bertz CT molecular complexity index is 787. The molecule has 0 aromatic heterocycles. The Morgan fingerprint density at radius 3 is 2.39 bits per heavy atom. The summed E-state index contributed by atoms with van der Waals surface area (Å²) in [6.07, 6.45) is 0.654. The second-order valence-electron chi connectivity index (χ2n) is 6.91. The van der Waals surface area contributed by atoms with E-state index in [-0.39, 0.29) is 0 Å². The van der Waals surface area contributed by atoms with Crippen LogP contribution in [0, 0.1) is 0 Å². The van der Waals surface area contributed by atoms with Gasteiger partial charge in [-0.2, -0.15) is 0 Å².